The van der Waals surface area contributed by atoms with Crippen LogP contribution in [-0.2, 0) is 14.6 Å². The summed E-state index contributed by atoms with van der Waals surface area (Å²) in [6, 6.07) is 3.92. The molecule has 2 fully saturated rings. The second-order valence-corrected chi connectivity index (χ2v) is 9.79. The molecule has 2 N–H and O–H groups in total. The van der Waals surface area contributed by atoms with Crippen molar-refractivity contribution in [2.24, 2.45) is 5.92 Å². The SMILES string of the molecule is O=C(N[C@]1(S(=O)(=O)c2cccc(Cl)c2F)CCCNC1)C1CCCCC1. The highest BCUT2D eigenvalue weighted by Gasteiger charge is 2.48. The number of carbonyl (C=O) groups is 1. The van der Waals surface area contributed by atoms with Crippen molar-refractivity contribution < 1.29 is 17.6 Å². The Labute approximate surface area is 158 Å². The zero-order chi connectivity index (χ0) is 18.8. The van der Waals surface area contributed by atoms with E-state index in [1.54, 1.807) is 0 Å². The summed E-state index contributed by atoms with van der Waals surface area (Å²) in [5.41, 5.74) is 0. The van der Waals surface area contributed by atoms with E-state index < -0.39 is 25.4 Å². The quantitative estimate of drug-likeness (QED) is 0.811. The van der Waals surface area contributed by atoms with Gasteiger partial charge in [-0.15, -0.1) is 0 Å². The molecule has 0 radical (unpaired) electrons. The molecule has 0 bridgehead atoms. The highest BCUT2D eigenvalue weighted by atomic mass is 35.5. The predicted octanol–water partition coefficient (Wildman–Crippen LogP) is 3.03. The normalized spacial score (nSPS) is 25.0. The summed E-state index contributed by atoms with van der Waals surface area (Å²) >= 11 is 5.79. The van der Waals surface area contributed by atoms with E-state index in [1.165, 1.54) is 18.2 Å². The summed E-state index contributed by atoms with van der Waals surface area (Å²) in [7, 11) is -4.16. The Kier molecular flexibility index (Phi) is 5.89. The number of hydrogen-bond donors (Lipinski definition) is 2. The van der Waals surface area contributed by atoms with Crippen LogP contribution in [0, 0.1) is 11.7 Å². The topological polar surface area (TPSA) is 75.3 Å². The van der Waals surface area contributed by atoms with Crippen LogP contribution in [0.15, 0.2) is 23.1 Å². The van der Waals surface area contributed by atoms with Crippen LogP contribution < -0.4 is 10.6 Å². The molecule has 5 nitrogen and oxygen atoms in total. The van der Waals surface area contributed by atoms with Gasteiger partial charge in [-0.25, -0.2) is 12.8 Å². The van der Waals surface area contributed by atoms with Crippen molar-refractivity contribution in [2.75, 3.05) is 13.1 Å². The highest BCUT2D eigenvalue weighted by molar-refractivity contribution is 7.92. The van der Waals surface area contributed by atoms with Crippen molar-refractivity contribution >= 4 is 27.3 Å². The van der Waals surface area contributed by atoms with Gasteiger partial charge in [-0.2, -0.15) is 0 Å². The molecule has 3 rings (SSSR count). The van der Waals surface area contributed by atoms with E-state index in [1.807, 2.05) is 0 Å². The maximum absolute atomic E-state index is 14.5. The minimum absolute atomic E-state index is 0.0553. The number of rotatable bonds is 4. The third kappa shape index (κ3) is 3.62. The average Bonchev–Trinajstić information content (AvgIpc) is 2.65. The molecular weight excluding hydrogens is 379 g/mol. The lowest BCUT2D eigenvalue weighted by Gasteiger charge is -2.39. The van der Waals surface area contributed by atoms with Gasteiger partial charge in [0, 0.05) is 12.5 Å². The summed E-state index contributed by atoms with van der Waals surface area (Å²) in [5, 5.41) is 5.59. The third-order valence-electron chi connectivity index (χ3n) is 5.39. The molecule has 1 heterocycles. The zero-order valence-corrected chi connectivity index (χ0v) is 16.1. The van der Waals surface area contributed by atoms with Gasteiger partial charge in [0.05, 0.1) is 5.02 Å². The molecule has 1 aliphatic heterocycles. The Hall–Kier alpha value is -1.18. The van der Waals surface area contributed by atoms with Crippen molar-refractivity contribution in [2.45, 2.75) is 54.7 Å². The number of nitrogens with one attached hydrogen (secondary N) is 2. The minimum atomic E-state index is -4.16. The van der Waals surface area contributed by atoms with Gasteiger partial charge >= 0.3 is 0 Å². The molecular formula is C18H24ClFN2O3S. The smallest absolute Gasteiger partial charge is 0.224 e. The van der Waals surface area contributed by atoms with Crippen LogP contribution in [0.25, 0.3) is 0 Å². The molecule has 8 heteroatoms. The Morgan fingerprint density at radius 3 is 2.62 bits per heavy atom. The molecule has 144 valence electrons. The van der Waals surface area contributed by atoms with Crippen LogP contribution in [-0.4, -0.2) is 32.3 Å². The van der Waals surface area contributed by atoms with E-state index in [-0.39, 0.29) is 29.8 Å². The molecule has 0 aromatic heterocycles. The van der Waals surface area contributed by atoms with Crippen LogP contribution in [0.3, 0.4) is 0 Å². The maximum atomic E-state index is 14.5. The molecule has 1 aliphatic carbocycles. The lowest BCUT2D eigenvalue weighted by Crippen LogP contribution is -2.63. The van der Waals surface area contributed by atoms with E-state index in [2.05, 4.69) is 10.6 Å². The van der Waals surface area contributed by atoms with Gasteiger partial charge in [0.2, 0.25) is 15.7 Å². The standard InChI is InChI=1S/C18H24ClFN2O3S/c19-14-8-4-9-15(16(14)20)26(24,25)18(10-5-11-21-12-18)22-17(23)13-6-2-1-3-7-13/h4,8-9,13,21H,1-3,5-7,10-12H2,(H,22,23)/t18-/m0/s1. The number of sulfone groups is 1. The molecule has 26 heavy (non-hydrogen) atoms. The first-order chi connectivity index (χ1) is 12.4. The third-order valence-corrected chi connectivity index (χ3v) is 8.06. The predicted molar refractivity (Wildman–Crippen MR) is 98.1 cm³/mol. The zero-order valence-electron chi connectivity index (χ0n) is 14.6. The maximum Gasteiger partial charge on any atom is 0.224 e. The molecule has 1 saturated heterocycles. The first kappa shape index (κ1) is 19.6. The highest BCUT2D eigenvalue weighted by Crippen LogP contribution is 2.34. The summed E-state index contributed by atoms with van der Waals surface area (Å²) < 4.78 is 41.2. The molecule has 1 aromatic rings. The van der Waals surface area contributed by atoms with Crippen molar-refractivity contribution in [3.8, 4) is 0 Å². The molecule has 1 saturated carbocycles. The van der Waals surface area contributed by atoms with Gasteiger partial charge < -0.3 is 10.6 Å². The second kappa shape index (κ2) is 7.82. The second-order valence-electron chi connectivity index (χ2n) is 7.15. The largest absolute Gasteiger partial charge is 0.335 e. The fourth-order valence-corrected chi connectivity index (χ4v) is 6.07. The number of hydrogen-bond acceptors (Lipinski definition) is 4. The van der Waals surface area contributed by atoms with Crippen LogP contribution >= 0.6 is 11.6 Å². The summed E-state index contributed by atoms with van der Waals surface area (Å²) in [5.74, 6) is -1.40. The van der Waals surface area contributed by atoms with Crippen LogP contribution in [0.1, 0.15) is 44.9 Å². The van der Waals surface area contributed by atoms with E-state index >= 15 is 0 Å². The van der Waals surface area contributed by atoms with Crippen LogP contribution in [0.4, 0.5) is 4.39 Å². The van der Waals surface area contributed by atoms with E-state index in [4.69, 9.17) is 11.6 Å². The van der Waals surface area contributed by atoms with Crippen molar-refractivity contribution in [1.29, 1.82) is 0 Å². The first-order valence-electron chi connectivity index (χ1n) is 9.09. The molecule has 1 atom stereocenters. The van der Waals surface area contributed by atoms with Gasteiger partial charge in [-0.1, -0.05) is 36.9 Å². The number of benzene rings is 1. The number of halogens is 2. The lowest BCUT2D eigenvalue weighted by molar-refractivity contribution is -0.127. The van der Waals surface area contributed by atoms with Crippen LogP contribution in [0.5, 0.6) is 0 Å². The number of carbonyl (C=O) groups excluding carboxylic acids is 1. The Balaban J connectivity index is 1.96. The Morgan fingerprint density at radius 1 is 1.23 bits per heavy atom. The first-order valence-corrected chi connectivity index (χ1v) is 10.9. The molecule has 0 spiro atoms. The fraction of sp³-hybridized carbons (Fsp3) is 0.611. The fourth-order valence-electron chi connectivity index (χ4n) is 3.87. The Morgan fingerprint density at radius 2 is 1.96 bits per heavy atom. The van der Waals surface area contributed by atoms with E-state index in [0.717, 1.165) is 32.1 Å². The molecule has 0 unspecified atom stereocenters. The monoisotopic (exact) mass is 402 g/mol. The Bertz CT molecular complexity index is 773. The molecule has 2 aliphatic rings. The number of piperidine rings is 1. The number of amides is 1. The van der Waals surface area contributed by atoms with Crippen LogP contribution in [0.2, 0.25) is 5.02 Å². The van der Waals surface area contributed by atoms with Crippen molar-refractivity contribution in [1.82, 2.24) is 10.6 Å². The van der Waals surface area contributed by atoms with E-state index in [9.17, 15) is 17.6 Å². The van der Waals surface area contributed by atoms with E-state index in [0.29, 0.717) is 13.0 Å². The molecule has 1 aromatic carbocycles. The van der Waals surface area contributed by atoms with Gasteiger partial charge in [0.15, 0.2) is 10.7 Å². The van der Waals surface area contributed by atoms with Gasteiger partial charge in [0.25, 0.3) is 0 Å². The van der Waals surface area contributed by atoms with Crippen molar-refractivity contribution in [3.63, 3.8) is 0 Å². The average molecular weight is 403 g/mol. The van der Waals surface area contributed by atoms with Gasteiger partial charge in [0.1, 0.15) is 4.90 Å². The summed E-state index contributed by atoms with van der Waals surface area (Å²) in [6.45, 7) is 0.717. The lowest BCUT2D eigenvalue weighted by atomic mass is 9.88. The van der Waals surface area contributed by atoms with Gasteiger partial charge in [-0.3, -0.25) is 4.79 Å². The van der Waals surface area contributed by atoms with Gasteiger partial charge in [-0.05, 0) is 44.4 Å². The summed E-state index contributed by atoms with van der Waals surface area (Å²) in [6.07, 6.45) is 5.39. The van der Waals surface area contributed by atoms with Crippen molar-refractivity contribution in [3.05, 3.63) is 29.0 Å². The minimum Gasteiger partial charge on any atom is -0.335 e. The summed E-state index contributed by atoms with van der Waals surface area (Å²) in [4.78, 5) is 10.8. The molecule has 1 amide bonds.